The Labute approximate surface area is 281 Å². The van der Waals surface area contributed by atoms with E-state index in [4.69, 9.17) is 25.0 Å². The molecule has 0 saturated heterocycles. The number of rotatable bonds is 11. The van der Waals surface area contributed by atoms with Crippen LogP contribution in [0.15, 0.2) is 68.8 Å². The van der Waals surface area contributed by atoms with Gasteiger partial charge >= 0.3 is 11.9 Å². The molecule has 0 spiro atoms. The molecular formula is C28H24N4O15S3. The maximum absolute atomic E-state index is 13.6. The molecule has 1 aromatic heterocycles. The third kappa shape index (κ3) is 6.83. The molecule has 0 saturated carbocycles. The largest absolute Gasteiger partial charge is 0.492 e. The maximum atomic E-state index is 13.6. The number of nitrogen functional groups attached to an aromatic ring is 1. The number of carboxylic acid groups (broad SMARTS) is 1. The van der Waals surface area contributed by atoms with Crippen molar-refractivity contribution >= 4 is 58.9 Å². The van der Waals surface area contributed by atoms with E-state index in [-0.39, 0.29) is 22.1 Å². The first-order chi connectivity index (χ1) is 23.2. The van der Waals surface area contributed by atoms with Gasteiger partial charge in [-0.2, -0.15) is 16.8 Å². The minimum absolute atomic E-state index is 0.238. The summed E-state index contributed by atoms with van der Waals surface area (Å²) in [6.07, 6.45) is -0.396. The molecule has 2 aliphatic rings. The van der Waals surface area contributed by atoms with Crippen molar-refractivity contribution in [1.82, 2.24) is 9.45 Å². The van der Waals surface area contributed by atoms with E-state index in [1.165, 1.54) is 6.07 Å². The number of nitrogens with two attached hydrogens (primary N) is 1. The van der Waals surface area contributed by atoms with Crippen molar-refractivity contribution in [3.8, 4) is 34.2 Å². The molecule has 5 rings (SSSR count). The van der Waals surface area contributed by atoms with E-state index in [0.29, 0.717) is 4.73 Å². The Morgan fingerprint density at radius 2 is 1.56 bits per heavy atom. The lowest BCUT2D eigenvalue weighted by Gasteiger charge is -2.21. The van der Waals surface area contributed by atoms with Gasteiger partial charge in [-0.15, -0.1) is 4.73 Å². The number of benzene rings is 3. The van der Waals surface area contributed by atoms with Crippen molar-refractivity contribution in [2.24, 2.45) is 0 Å². The van der Waals surface area contributed by atoms with Crippen LogP contribution in [0.25, 0.3) is 33.4 Å². The summed E-state index contributed by atoms with van der Waals surface area (Å²) in [5.41, 5.74) is 2.97. The number of nitrogens with zero attached hydrogens (tertiary/aromatic N) is 1. The van der Waals surface area contributed by atoms with Crippen LogP contribution >= 0.6 is 0 Å². The molecule has 264 valence electrons. The van der Waals surface area contributed by atoms with E-state index < -0.39 is 116 Å². The maximum Gasteiger partial charge on any atom is 0.363 e. The highest BCUT2D eigenvalue weighted by molar-refractivity contribution is 7.90. The molecule has 1 aliphatic heterocycles. The Balaban J connectivity index is 1.86. The van der Waals surface area contributed by atoms with Crippen LogP contribution in [-0.2, 0) is 30.3 Å². The van der Waals surface area contributed by atoms with Crippen molar-refractivity contribution in [3.63, 3.8) is 0 Å². The number of carbonyl (C=O) groups excluding carboxylic acids is 1. The summed E-state index contributed by atoms with van der Waals surface area (Å²) in [5.74, 6) is -5.82. The molecule has 22 heteroatoms. The fourth-order valence-electron chi connectivity index (χ4n) is 5.04. The molecule has 1 aliphatic carbocycles. The summed E-state index contributed by atoms with van der Waals surface area (Å²) in [6.45, 7) is -0.550. The topological polar surface area (TPSA) is 327 Å². The number of fused-ring (bicyclic) bond motifs is 2. The fraction of sp³-hybridized carbons (Fsp3) is 0.107. The third-order valence-corrected chi connectivity index (χ3v) is 10.4. The van der Waals surface area contributed by atoms with E-state index in [0.717, 1.165) is 48.5 Å². The van der Waals surface area contributed by atoms with Crippen LogP contribution < -0.4 is 20.7 Å². The first-order valence-electron chi connectivity index (χ1n) is 13.7. The predicted molar refractivity (Wildman–Crippen MR) is 170 cm³/mol. The Morgan fingerprint density at radius 1 is 0.900 bits per heavy atom. The first-order valence-corrected chi connectivity index (χ1v) is 18.2. The van der Waals surface area contributed by atoms with Crippen LogP contribution in [0.4, 0.5) is 5.69 Å². The third-order valence-electron chi connectivity index (χ3n) is 7.12. The molecule has 9 N–H and O–H groups in total. The normalized spacial score (nSPS) is 12.4. The number of aromatic hydroxyl groups is 2. The van der Waals surface area contributed by atoms with E-state index in [1.54, 1.807) is 0 Å². The monoisotopic (exact) mass is 752 g/mol. The zero-order chi connectivity index (χ0) is 36.9. The van der Waals surface area contributed by atoms with Crippen molar-refractivity contribution in [2.75, 3.05) is 18.0 Å². The molecular weight excluding hydrogens is 729 g/mol. The molecule has 0 unspecified atom stereocenters. The Kier molecular flexibility index (Phi) is 9.12. The van der Waals surface area contributed by atoms with Gasteiger partial charge in [-0.1, -0.05) is 0 Å². The average Bonchev–Trinajstić information content (AvgIpc) is 3.32. The summed E-state index contributed by atoms with van der Waals surface area (Å²) in [5, 5.41) is 37.1. The highest BCUT2D eigenvalue weighted by Crippen LogP contribution is 2.46. The Morgan fingerprint density at radius 3 is 2.16 bits per heavy atom. The molecule has 0 amide bonds. The standard InChI is InChI=1S/C28H24N4O15S3/c29-18-6-4-15-22(17-12-13(2-3-14(17)27(35)36)28(37)47-32-20(33)8-9-21(32)34)16-5-7-19(30)26(50(43,44)45)24(16)46-23(15)25(18)49(41,42)31-10-1-11-48(38,39)40/h2-9,12,30-31,33-34H,1,10-11,29H2,(H,35,36)(H,38,39,40)(H,43,44,45). The lowest BCUT2D eigenvalue weighted by atomic mass is 9.89. The van der Waals surface area contributed by atoms with Gasteiger partial charge in [0.1, 0.15) is 4.90 Å². The van der Waals surface area contributed by atoms with Gasteiger partial charge in [0.25, 0.3) is 20.2 Å². The molecule has 0 fully saturated rings. The molecule has 3 aromatic rings. The Bertz CT molecular complexity index is 2570. The quantitative estimate of drug-likeness (QED) is 0.0407. The van der Waals surface area contributed by atoms with Gasteiger partial charge in [0.15, 0.2) is 16.2 Å². The van der Waals surface area contributed by atoms with Gasteiger partial charge in [0.05, 0.1) is 27.9 Å². The molecule has 2 aromatic carbocycles. The molecule has 2 heterocycles. The number of sulfonamides is 1. The minimum Gasteiger partial charge on any atom is -0.492 e. The number of carboxylic acids is 1. The van der Waals surface area contributed by atoms with Gasteiger partial charge in [-0.25, -0.2) is 22.7 Å². The van der Waals surface area contributed by atoms with Crippen LogP contribution in [0, 0.1) is 5.41 Å². The van der Waals surface area contributed by atoms with Crippen LogP contribution in [0.5, 0.6) is 11.8 Å². The molecule has 50 heavy (non-hydrogen) atoms. The van der Waals surface area contributed by atoms with E-state index in [9.17, 15) is 54.7 Å². The van der Waals surface area contributed by atoms with E-state index >= 15 is 0 Å². The van der Waals surface area contributed by atoms with Crippen LogP contribution in [-0.4, -0.2) is 78.6 Å². The minimum atomic E-state index is -5.30. The summed E-state index contributed by atoms with van der Waals surface area (Å²) < 4.78 is 102. The van der Waals surface area contributed by atoms with Crippen molar-refractivity contribution < 1.29 is 68.5 Å². The SMILES string of the molecule is N=c1ccc2c(-c3cc(C(=O)On4c(O)ccc4O)ccc3C(=O)O)c3ccc(N)c(S(=O)(=O)NCCCS(=O)(=O)O)c3oc-2c1S(=O)(=O)O. The molecule has 19 nitrogen and oxygen atoms in total. The summed E-state index contributed by atoms with van der Waals surface area (Å²) in [6, 6.07) is 9.26. The van der Waals surface area contributed by atoms with Crippen LogP contribution in [0.1, 0.15) is 27.1 Å². The number of nitrogens with one attached hydrogen (secondary N) is 2. The summed E-state index contributed by atoms with van der Waals surface area (Å²) >= 11 is 0. The summed E-state index contributed by atoms with van der Waals surface area (Å²) in [7, 11) is -14.5. The second kappa shape index (κ2) is 12.7. The van der Waals surface area contributed by atoms with Gasteiger partial charge in [-0.05, 0) is 54.4 Å². The van der Waals surface area contributed by atoms with Gasteiger partial charge in [-0.3, -0.25) is 14.5 Å². The highest BCUT2D eigenvalue weighted by Gasteiger charge is 2.32. The molecule has 0 atom stereocenters. The zero-order valence-electron chi connectivity index (χ0n) is 24.9. The lowest BCUT2D eigenvalue weighted by molar-refractivity contribution is 0.0381. The smallest absolute Gasteiger partial charge is 0.363 e. The van der Waals surface area contributed by atoms with Crippen molar-refractivity contribution in [2.45, 2.75) is 16.2 Å². The number of aromatic nitrogens is 1. The molecule has 0 bridgehead atoms. The molecule has 0 radical (unpaired) electrons. The number of carbonyl (C=O) groups is 2. The second-order valence-corrected chi connectivity index (χ2v) is 15.1. The van der Waals surface area contributed by atoms with Gasteiger partial charge < -0.3 is 30.3 Å². The van der Waals surface area contributed by atoms with Crippen LogP contribution in [0.2, 0.25) is 0 Å². The zero-order valence-corrected chi connectivity index (χ0v) is 27.3. The van der Waals surface area contributed by atoms with Crippen molar-refractivity contribution in [1.29, 1.82) is 5.41 Å². The number of hydrogen-bond donors (Lipinski definition) is 8. The van der Waals surface area contributed by atoms with Crippen LogP contribution in [0.3, 0.4) is 0 Å². The second-order valence-electron chi connectivity index (χ2n) is 10.5. The van der Waals surface area contributed by atoms with Gasteiger partial charge in [0, 0.05) is 35.2 Å². The lowest BCUT2D eigenvalue weighted by Crippen LogP contribution is -2.27. The van der Waals surface area contributed by atoms with Gasteiger partial charge in [0.2, 0.25) is 21.8 Å². The summed E-state index contributed by atoms with van der Waals surface area (Å²) in [4.78, 5) is 28.7. The number of anilines is 1. The number of aromatic carboxylic acids is 1. The number of hydrogen-bond acceptors (Lipinski definition) is 14. The van der Waals surface area contributed by atoms with E-state index in [1.807, 2.05) is 0 Å². The Hall–Kier alpha value is -5.52. The first kappa shape index (κ1) is 35.8. The van der Waals surface area contributed by atoms with Crippen molar-refractivity contribution in [3.05, 3.63) is 71.1 Å². The fourth-order valence-corrected chi connectivity index (χ4v) is 7.61. The predicted octanol–water partition coefficient (Wildman–Crippen LogP) is 1.25. The van der Waals surface area contributed by atoms with E-state index in [2.05, 4.69) is 4.72 Å². The highest BCUT2D eigenvalue weighted by atomic mass is 32.2. The average molecular weight is 753 g/mol.